The number of hydrogen-bond acceptors (Lipinski definition) is 2. The molecule has 2 nitrogen and oxygen atoms in total. The average Bonchev–Trinajstić information content (AvgIpc) is 1.85. The Balaban J connectivity index is 3.40. The Morgan fingerprint density at radius 2 is 2.18 bits per heavy atom. The molecule has 0 spiro atoms. The molecule has 0 radical (unpaired) electrons. The summed E-state index contributed by atoms with van der Waals surface area (Å²) in [6.07, 6.45) is 0. The van der Waals surface area contributed by atoms with Crippen molar-refractivity contribution in [2.24, 2.45) is 0 Å². The molecule has 3 heteroatoms. The molecule has 0 aliphatic heterocycles. The van der Waals surface area contributed by atoms with E-state index >= 15 is 0 Å². The smallest absolute Gasteiger partial charge is 0.103 e. The van der Waals surface area contributed by atoms with Crippen LogP contribution in [-0.2, 0) is 0 Å². The predicted molar refractivity (Wildman–Crippen MR) is 45.3 cm³/mol. The highest BCUT2D eigenvalue weighted by atomic mass is 35.5. The lowest BCUT2D eigenvalue weighted by Crippen LogP contribution is -1.91. The van der Waals surface area contributed by atoms with E-state index in [1.54, 1.807) is 12.1 Å². The van der Waals surface area contributed by atoms with Crippen molar-refractivity contribution in [3.8, 4) is 6.07 Å². The van der Waals surface area contributed by atoms with Crippen LogP contribution in [0, 0.1) is 18.3 Å². The molecule has 1 aromatic rings. The maximum Gasteiger partial charge on any atom is 0.103 e. The van der Waals surface area contributed by atoms with E-state index in [9.17, 15) is 0 Å². The van der Waals surface area contributed by atoms with Gasteiger partial charge in [-0.05, 0) is 24.6 Å². The highest BCUT2D eigenvalue weighted by Crippen LogP contribution is 2.22. The molecular formula is C8H7ClN2. The number of nitrogens with zero attached hydrogens (tertiary/aromatic N) is 1. The van der Waals surface area contributed by atoms with Crippen LogP contribution >= 0.6 is 11.6 Å². The van der Waals surface area contributed by atoms with Gasteiger partial charge in [0.1, 0.15) is 6.07 Å². The van der Waals surface area contributed by atoms with Crippen molar-refractivity contribution in [2.75, 3.05) is 5.73 Å². The van der Waals surface area contributed by atoms with Crippen molar-refractivity contribution in [3.63, 3.8) is 0 Å². The quantitative estimate of drug-likeness (QED) is 0.600. The Kier molecular flexibility index (Phi) is 2.02. The molecule has 0 unspecified atom stereocenters. The Labute approximate surface area is 70.2 Å². The highest BCUT2D eigenvalue weighted by Gasteiger charge is 2.03. The molecule has 0 saturated carbocycles. The largest absolute Gasteiger partial charge is 0.398 e. The van der Waals surface area contributed by atoms with Crippen molar-refractivity contribution in [3.05, 3.63) is 28.3 Å². The van der Waals surface area contributed by atoms with Gasteiger partial charge in [-0.1, -0.05) is 11.6 Å². The number of halogens is 1. The predicted octanol–water partition coefficient (Wildman–Crippen LogP) is 2.10. The summed E-state index contributed by atoms with van der Waals surface area (Å²) in [5.74, 6) is 0. The zero-order chi connectivity index (χ0) is 8.43. The van der Waals surface area contributed by atoms with Gasteiger partial charge in [-0.15, -0.1) is 0 Å². The van der Waals surface area contributed by atoms with Gasteiger partial charge in [-0.2, -0.15) is 5.26 Å². The number of benzene rings is 1. The lowest BCUT2D eigenvalue weighted by molar-refractivity contribution is 1.43. The number of rotatable bonds is 0. The number of anilines is 1. The number of hydrogen-bond donors (Lipinski definition) is 1. The van der Waals surface area contributed by atoms with Crippen molar-refractivity contribution < 1.29 is 0 Å². The summed E-state index contributed by atoms with van der Waals surface area (Å²) < 4.78 is 0. The maximum atomic E-state index is 8.58. The normalized spacial score (nSPS) is 9.18. The van der Waals surface area contributed by atoms with Crippen LogP contribution in [0.4, 0.5) is 5.69 Å². The first kappa shape index (κ1) is 7.90. The van der Waals surface area contributed by atoms with E-state index in [0.717, 1.165) is 5.56 Å². The molecule has 0 aromatic heterocycles. The third-order valence-electron chi connectivity index (χ3n) is 1.38. The summed E-state index contributed by atoms with van der Waals surface area (Å²) in [6.45, 7) is 1.88. The molecule has 0 atom stereocenters. The fourth-order valence-corrected chi connectivity index (χ4v) is 1.21. The Hall–Kier alpha value is -1.20. The zero-order valence-electron chi connectivity index (χ0n) is 6.06. The first-order valence-electron chi connectivity index (χ1n) is 3.11. The average molecular weight is 167 g/mol. The van der Waals surface area contributed by atoms with Gasteiger partial charge in [0, 0.05) is 0 Å². The molecule has 0 aliphatic rings. The lowest BCUT2D eigenvalue weighted by Gasteiger charge is -2.00. The third-order valence-corrected chi connectivity index (χ3v) is 1.67. The fraction of sp³-hybridized carbons (Fsp3) is 0.125. The van der Waals surface area contributed by atoms with E-state index in [1.807, 2.05) is 13.0 Å². The molecule has 0 heterocycles. The SMILES string of the molecule is Cc1cc(N)c(C#N)c(Cl)c1. The van der Waals surface area contributed by atoms with Crippen LogP contribution < -0.4 is 5.73 Å². The first-order chi connectivity index (χ1) is 5.15. The van der Waals surface area contributed by atoms with Crippen LogP contribution in [0.5, 0.6) is 0 Å². The van der Waals surface area contributed by atoms with Crippen molar-refractivity contribution in [1.29, 1.82) is 5.26 Å². The summed E-state index contributed by atoms with van der Waals surface area (Å²) in [5, 5.41) is 9.00. The van der Waals surface area contributed by atoms with Crippen molar-refractivity contribution >= 4 is 17.3 Å². The Morgan fingerprint density at radius 1 is 1.55 bits per heavy atom. The number of nitrogen functional groups attached to an aromatic ring is 1. The topological polar surface area (TPSA) is 49.8 Å². The molecule has 1 rings (SSSR count). The molecular weight excluding hydrogens is 160 g/mol. The van der Waals surface area contributed by atoms with Crippen LogP contribution in [0.15, 0.2) is 12.1 Å². The molecule has 0 bridgehead atoms. The second kappa shape index (κ2) is 2.81. The van der Waals surface area contributed by atoms with Crippen LogP contribution in [0.1, 0.15) is 11.1 Å². The minimum Gasteiger partial charge on any atom is -0.398 e. The summed E-state index contributed by atoms with van der Waals surface area (Å²) in [6, 6.07) is 5.38. The van der Waals surface area contributed by atoms with Crippen molar-refractivity contribution in [1.82, 2.24) is 0 Å². The molecule has 56 valence electrons. The Bertz CT molecular complexity index is 302. The van der Waals surface area contributed by atoms with Crippen molar-refractivity contribution in [2.45, 2.75) is 6.92 Å². The van der Waals surface area contributed by atoms with Crippen LogP contribution in [-0.4, -0.2) is 0 Å². The molecule has 1 aromatic carbocycles. The molecule has 0 amide bonds. The van der Waals surface area contributed by atoms with E-state index in [4.69, 9.17) is 22.6 Å². The van der Waals surface area contributed by atoms with E-state index in [0.29, 0.717) is 16.3 Å². The molecule has 0 saturated heterocycles. The van der Waals surface area contributed by atoms with Gasteiger partial charge in [0.05, 0.1) is 16.3 Å². The summed E-state index contributed by atoms with van der Waals surface area (Å²) in [4.78, 5) is 0. The Morgan fingerprint density at radius 3 is 2.64 bits per heavy atom. The van der Waals surface area contributed by atoms with Gasteiger partial charge in [0.25, 0.3) is 0 Å². The first-order valence-corrected chi connectivity index (χ1v) is 3.48. The van der Waals surface area contributed by atoms with Crippen LogP contribution in [0.2, 0.25) is 5.02 Å². The minimum atomic E-state index is 0.359. The molecule has 11 heavy (non-hydrogen) atoms. The van der Waals surface area contributed by atoms with Crippen LogP contribution in [0.3, 0.4) is 0 Å². The monoisotopic (exact) mass is 166 g/mol. The number of nitrogens with two attached hydrogens (primary N) is 1. The van der Waals surface area contributed by atoms with Gasteiger partial charge < -0.3 is 5.73 Å². The minimum absolute atomic E-state index is 0.359. The molecule has 2 N–H and O–H groups in total. The third kappa shape index (κ3) is 1.44. The fourth-order valence-electron chi connectivity index (χ4n) is 0.887. The summed E-state index contributed by atoms with van der Waals surface area (Å²) in [5.41, 5.74) is 7.29. The second-order valence-electron chi connectivity index (χ2n) is 2.32. The molecule has 0 aliphatic carbocycles. The highest BCUT2D eigenvalue weighted by molar-refractivity contribution is 6.32. The maximum absolute atomic E-state index is 8.58. The van der Waals surface area contributed by atoms with Crippen LogP contribution in [0.25, 0.3) is 0 Å². The number of nitriles is 1. The van der Waals surface area contributed by atoms with Gasteiger partial charge in [-0.25, -0.2) is 0 Å². The summed E-state index contributed by atoms with van der Waals surface area (Å²) >= 11 is 5.73. The number of aryl methyl sites for hydroxylation is 1. The zero-order valence-corrected chi connectivity index (χ0v) is 6.81. The van der Waals surface area contributed by atoms with E-state index in [-0.39, 0.29) is 0 Å². The van der Waals surface area contributed by atoms with E-state index < -0.39 is 0 Å². The van der Waals surface area contributed by atoms with E-state index in [2.05, 4.69) is 0 Å². The van der Waals surface area contributed by atoms with Gasteiger partial charge in [0.2, 0.25) is 0 Å². The second-order valence-corrected chi connectivity index (χ2v) is 2.73. The molecule has 0 fully saturated rings. The van der Waals surface area contributed by atoms with Gasteiger partial charge >= 0.3 is 0 Å². The standard InChI is InChI=1S/C8H7ClN2/c1-5-2-7(9)6(4-10)8(11)3-5/h2-3H,11H2,1H3. The lowest BCUT2D eigenvalue weighted by atomic mass is 10.1. The van der Waals surface area contributed by atoms with Gasteiger partial charge in [0.15, 0.2) is 0 Å². The van der Waals surface area contributed by atoms with E-state index in [1.165, 1.54) is 0 Å². The van der Waals surface area contributed by atoms with Gasteiger partial charge in [-0.3, -0.25) is 0 Å². The summed E-state index contributed by atoms with van der Waals surface area (Å²) in [7, 11) is 0.